The maximum atomic E-state index is 13.4. The van der Waals surface area contributed by atoms with E-state index in [1.807, 2.05) is 0 Å². The van der Waals surface area contributed by atoms with Crippen molar-refractivity contribution in [3.05, 3.63) is 21.3 Å². The molecule has 0 bridgehead atoms. The minimum Gasteiger partial charge on any atom is -0.748 e. The van der Waals surface area contributed by atoms with Crippen molar-refractivity contribution >= 4 is 61.9 Å². The predicted molar refractivity (Wildman–Crippen MR) is 103 cm³/mol. The summed E-state index contributed by atoms with van der Waals surface area (Å²) < 4.78 is 116. The van der Waals surface area contributed by atoms with Gasteiger partial charge < -0.3 is 19.9 Å². The van der Waals surface area contributed by atoms with Crippen LogP contribution in [0.2, 0.25) is 0 Å². The van der Waals surface area contributed by atoms with Gasteiger partial charge in [-0.25, -0.2) is 13.2 Å². The zero-order valence-electron chi connectivity index (χ0n) is 15.8. The molecule has 0 unspecified atom stereocenters. The zero-order valence-corrected chi connectivity index (χ0v) is 18.7. The van der Waals surface area contributed by atoms with Gasteiger partial charge in [0.2, 0.25) is 11.8 Å². The number of esters is 1. The minimum atomic E-state index is -6.56. The molecule has 0 saturated carbocycles. The summed E-state index contributed by atoms with van der Waals surface area (Å²) in [6.07, 6.45) is -13.1. The Kier molecular flexibility index (Phi) is 8.17. The van der Waals surface area contributed by atoms with Crippen molar-refractivity contribution in [3.63, 3.8) is 0 Å². The standard InChI is InChI=1S/C15H13F6IN2O7S/c1-6(25)23-8-3-9(11(22)10(4-8)24-7(2)26)12(27)31-13(14(16,17)18,15(19,20)21)5-32(28,29)30/h3-4H,5H2,1-2H3,(H,23,25)(H,24,26)(H,28,29,30)/p-1. The van der Waals surface area contributed by atoms with Crippen molar-refractivity contribution in [2.24, 2.45) is 0 Å². The molecule has 0 saturated heterocycles. The quantitative estimate of drug-likeness (QED) is 0.220. The Morgan fingerprint density at radius 3 is 1.84 bits per heavy atom. The summed E-state index contributed by atoms with van der Waals surface area (Å²) >= 11 is 1.29. The van der Waals surface area contributed by atoms with E-state index in [1.165, 1.54) is 22.6 Å². The summed E-state index contributed by atoms with van der Waals surface area (Å²) in [5, 5.41) is 4.26. The number of carbonyl (C=O) groups excluding carboxylic acids is 3. The second kappa shape index (κ2) is 9.38. The lowest BCUT2D eigenvalue weighted by molar-refractivity contribution is -0.356. The first-order valence-electron chi connectivity index (χ1n) is 7.89. The van der Waals surface area contributed by atoms with Gasteiger partial charge in [0, 0.05) is 19.5 Å². The molecule has 0 aliphatic heterocycles. The van der Waals surface area contributed by atoms with Gasteiger partial charge in [-0.3, -0.25) is 9.59 Å². The van der Waals surface area contributed by atoms with Crippen LogP contribution in [0.3, 0.4) is 0 Å². The number of halogens is 7. The maximum Gasteiger partial charge on any atom is 0.438 e. The molecule has 1 aromatic rings. The number of nitrogens with one attached hydrogen (secondary N) is 2. The fourth-order valence-corrected chi connectivity index (χ4v) is 3.81. The molecular formula is C15H12F6IN2O7S-. The van der Waals surface area contributed by atoms with Crippen molar-refractivity contribution < 1.29 is 58.4 Å². The van der Waals surface area contributed by atoms with Crippen LogP contribution in [0.15, 0.2) is 12.1 Å². The Morgan fingerprint density at radius 2 is 1.47 bits per heavy atom. The molecule has 32 heavy (non-hydrogen) atoms. The first-order valence-corrected chi connectivity index (χ1v) is 10.5. The zero-order chi connectivity index (χ0) is 25.3. The van der Waals surface area contributed by atoms with E-state index < -0.39 is 60.7 Å². The highest BCUT2D eigenvalue weighted by molar-refractivity contribution is 14.1. The summed E-state index contributed by atoms with van der Waals surface area (Å²) in [6, 6.07) is 1.68. The molecule has 180 valence electrons. The molecule has 2 N–H and O–H groups in total. The molecule has 2 amide bonds. The number of carbonyl (C=O) groups is 3. The molecule has 0 aliphatic carbocycles. The summed E-state index contributed by atoms with van der Waals surface area (Å²) in [7, 11) is -6.22. The van der Waals surface area contributed by atoms with Gasteiger partial charge in [0.25, 0.3) is 0 Å². The molecule has 9 nitrogen and oxygen atoms in total. The number of hydrogen-bond donors (Lipinski definition) is 2. The number of anilines is 2. The van der Waals surface area contributed by atoms with Gasteiger partial charge in [0.1, 0.15) is 0 Å². The molecule has 0 aliphatic rings. The largest absolute Gasteiger partial charge is 0.748 e. The third kappa shape index (κ3) is 6.67. The average molecular weight is 605 g/mol. The second-order valence-electron chi connectivity index (χ2n) is 6.16. The van der Waals surface area contributed by atoms with Gasteiger partial charge in [0.05, 0.1) is 30.7 Å². The van der Waals surface area contributed by atoms with Crippen molar-refractivity contribution in [2.75, 3.05) is 16.4 Å². The van der Waals surface area contributed by atoms with E-state index in [9.17, 15) is 53.7 Å². The molecule has 0 aromatic heterocycles. The highest BCUT2D eigenvalue weighted by Gasteiger charge is 2.75. The van der Waals surface area contributed by atoms with Crippen LogP contribution in [-0.4, -0.2) is 54.5 Å². The third-order valence-electron chi connectivity index (χ3n) is 3.49. The first-order chi connectivity index (χ1) is 14.2. The number of hydrogen-bond acceptors (Lipinski definition) is 7. The van der Waals surface area contributed by atoms with E-state index >= 15 is 0 Å². The SMILES string of the molecule is CC(=O)Nc1cc(NC(C)=O)c(I)c(C(=O)OC(CS(=O)(=O)[O-])(C(F)(F)F)C(F)(F)F)c1. The van der Waals surface area contributed by atoms with Crippen molar-refractivity contribution in [3.8, 4) is 0 Å². The van der Waals surface area contributed by atoms with Crippen molar-refractivity contribution in [2.45, 2.75) is 31.8 Å². The Labute approximate surface area is 189 Å². The molecule has 0 radical (unpaired) electrons. The number of benzene rings is 1. The maximum absolute atomic E-state index is 13.4. The fourth-order valence-electron chi connectivity index (χ4n) is 2.26. The molecule has 1 rings (SSSR count). The van der Waals surface area contributed by atoms with Crippen LogP contribution in [-0.2, 0) is 24.4 Å². The monoisotopic (exact) mass is 605 g/mol. The molecule has 0 fully saturated rings. The summed E-state index contributed by atoms with van der Waals surface area (Å²) in [5.41, 5.74) is -7.30. The van der Waals surface area contributed by atoms with E-state index in [-0.39, 0.29) is 11.4 Å². The van der Waals surface area contributed by atoms with Gasteiger partial charge in [-0.1, -0.05) is 0 Å². The van der Waals surface area contributed by atoms with Gasteiger partial charge in [-0.2, -0.15) is 26.3 Å². The smallest absolute Gasteiger partial charge is 0.438 e. The van der Waals surface area contributed by atoms with Crippen molar-refractivity contribution in [1.82, 2.24) is 0 Å². The normalized spacial score (nSPS) is 12.8. The van der Waals surface area contributed by atoms with Gasteiger partial charge in [-0.05, 0) is 34.7 Å². The third-order valence-corrected chi connectivity index (χ3v) is 5.41. The molecule has 1 aromatic carbocycles. The van der Waals surface area contributed by atoms with Gasteiger partial charge >= 0.3 is 23.9 Å². The highest BCUT2D eigenvalue weighted by Crippen LogP contribution is 2.47. The lowest BCUT2D eigenvalue weighted by Gasteiger charge is -2.37. The van der Waals surface area contributed by atoms with Crippen LogP contribution in [0.25, 0.3) is 0 Å². The van der Waals surface area contributed by atoms with Crippen LogP contribution in [0, 0.1) is 3.57 Å². The number of alkyl halides is 6. The Morgan fingerprint density at radius 1 is 1.00 bits per heavy atom. The minimum absolute atomic E-state index is 0.294. The highest BCUT2D eigenvalue weighted by atomic mass is 127. The van der Waals surface area contributed by atoms with Crippen LogP contribution in [0.1, 0.15) is 24.2 Å². The molecular weight excluding hydrogens is 593 g/mol. The first kappa shape index (κ1) is 27.9. The Hall–Kier alpha value is -2.15. The van der Waals surface area contributed by atoms with Crippen LogP contribution in [0.4, 0.5) is 37.7 Å². The molecule has 0 atom stereocenters. The average Bonchev–Trinajstić information content (AvgIpc) is 2.52. The topological polar surface area (TPSA) is 142 Å². The van der Waals surface area contributed by atoms with Crippen LogP contribution in [0.5, 0.6) is 0 Å². The lowest BCUT2D eigenvalue weighted by Crippen LogP contribution is -2.63. The van der Waals surface area contributed by atoms with E-state index in [0.717, 1.165) is 19.9 Å². The molecule has 17 heteroatoms. The number of ether oxygens (including phenoxy) is 1. The van der Waals surface area contributed by atoms with E-state index in [2.05, 4.69) is 15.4 Å². The van der Waals surface area contributed by atoms with E-state index in [0.29, 0.717) is 6.07 Å². The van der Waals surface area contributed by atoms with Crippen molar-refractivity contribution in [1.29, 1.82) is 0 Å². The van der Waals surface area contributed by atoms with Crippen LogP contribution < -0.4 is 10.6 Å². The summed E-state index contributed by atoms with van der Waals surface area (Å²) in [6.45, 7) is 1.99. The number of rotatable bonds is 6. The molecule has 0 spiro atoms. The predicted octanol–water partition coefficient (Wildman–Crippen LogP) is 2.77. The Balaban J connectivity index is 3.72. The van der Waals surface area contributed by atoms with Crippen LogP contribution >= 0.6 is 22.6 Å². The fraction of sp³-hybridized carbons (Fsp3) is 0.400. The number of amides is 2. The van der Waals surface area contributed by atoms with Gasteiger partial charge in [-0.15, -0.1) is 0 Å². The summed E-state index contributed by atoms with van der Waals surface area (Å²) in [5.74, 6) is -7.00. The molecule has 0 heterocycles. The second-order valence-corrected chi connectivity index (χ2v) is 8.64. The Bertz CT molecular complexity index is 1030. The van der Waals surface area contributed by atoms with E-state index in [4.69, 9.17) is 0 Å². The van der Waals surface area contributed by atoms with Gasteiger partial charge in [0.15, 0.2) is 0 Å². The van der Waals surface area contributed by atoms with E-state index in [1.54, 1.807) is 0 Å². The lowest BCUT2D eigenvalue weighted by atomic mass is 10.0. The summed E-state index contributed by atoms with van der Waals surface area (Å²) in [4.78, 5) is 34.9.